The number of aliphatic hydroxyl groups is 1. The number of unbranched alkanes of at least 4 members (excludes halogenated alkanes) is 4. The Morgan fingerprint density at radius 2 is 1.28 bits per heavy atom. The predicted molar refractivity (Wildman–Crippen MR) is 338 cm³/mol. The van der Waals surface area contributed by atoms with Crippen molar-refractivity contribution in [3.8, 4) is 0 Å². The summed E-state index contributed by atoms with van der Waals surface area (Å²) in [6.07, 6.45) is 6.40. The van der Waals surface area contributed by atoms with Crippen LogP contribution >= 0.6 is 0 Å². The van der Waals surface area contributed by atoms with Gasteiger partial charge in [0.25, 0.3) is 0 Å². The normalized spacial score (nSPS) is 18.7. The zero-order valence-electron chi connectivity index (χ0n) is 54.6. The van der Waals surface area contributed by atoms with Gasteiger partial charge >= 0.3 is 0 Å². The van der Waals surface area contributed by atoms with E-state index in [1.54, 1.807) is 44.7 Å². The lowest BCUT2D eigenvalue weighted by Gasteiger charge is -2.36. The lowest BCUT2D eigenvalue weighted by atomic mass is 9.95. The average molecular weight is 1240 g/mol. The number of guanidine groups is 1. The van der Waals surface area contributed by atoms with Crippen molar-refractivity contribution in [2.24, 2.45) is 51.8 Å². The first kappa shape index (κ1) is 75.4. The maximum Gasteiger partial charge on any atom is 0.245 e. The molecule has 0 bridgehead atoms. The summed E-state index contributed by atoms with van der Waals surface area (Å²) in [6, 6.07) is -0.447. The van der Waals surface area contributed by atoms with Crippen molar-refractivity contribution >= 4 is 65.0 Å². The maximum atomic E-state index is 14.9. The number of nitrogens with one attached hydrogen (secondary N) is 6. The first-order valence-electron chi connectivity index (χ1n) is 31.9. The molecule has 2 fully saturated rings. The molecule has 13 N–H and O–H groups in total. The molecule has 2 saturated heterocycles. The average Bonchev–Trinajstić information content (AvgIpc) is 2.61. The van der Waals surface area contributed by atoms with E-state index in [9.17, 15) is 53.1 Å². The van der Waals surface area contributed by atoms with Crippen LogP contribution in [0.3, 0.4) is 0 Å². The fourth-order valence-electron chi connectivity index (χ4n) is 11.2. The minimum absolute atomic E-state index is 0.0103. The SMILES string of the molecule is CCCCCCCC(=O)N1CCC[C@H](C(=O)N[C@@H](Cc2ccccc2)C(=O)N[C@@H](CN(C)C)C(=O)N[C@@H](CC(C)C)C(=O)N2C[C@H](O)C[C@H]2C(=O)N(C)[C@@H](CC(C)C)C(=O)N[C@H](C(=O)N[C@@H](CCCN=C(N)N)C(=O)N[C@H](C(N)=O)[C@@H](C)CC)C(C)C)C1. The smallest absolute Gasteiger partial charge is 0.245 e. The number of nitrogens with zero attached hydrogens (tertiary/aromatic N) is 5. The number of likely N-dealkylation sites (tertiary alicyclic amines) is 2. The van der Waals surface area contributed by atoms with Crippen molar-refractivity contribution in [3.63, 3.8) is 0 Å². The van der Waals surface area contributed by atoms with Gasteiger partial charge in [-0.05, 0) is 88.3 Å². The number of nitrogens with two attached hydrogens (primary N) is 3. The molecule has 3 rings (SSSR count). The number of hydrogen-bond acceptors (Lipinski definition) is 13. The van der Waals surface area contributed by atoms with Crippen LogP contribution in [0.15, 0.2) is 35.3 Å². The van der Waals surface area contributed by atoms with E-state index < -0.39 is 114 Å². The molecular formula is C63H108N14O11. The molecule has 2 aliphatic heterocycles. The Balaban J connectivity index is 1.89. The lowest BCUT2D eigenvalue weighted by molar-refractivity contribution is -0.149. The number of β-amino-alcohol motifs (C(OH)–C–C–N with tert-alkyl or cyclic N) is 1. The van der Waals surface area contributed by atoms with Crippen molar-refractivity contribution in [3.05, 3.63) is 35.9 Å². The molecule has 11 atom stereocenters. The van der Waals surface area contributed by atoms with Crippen molar-refractivity contribution in [2.45, 2.75) is 213 Å². The summed E-state index contributed by atoms with van der Waals surface area (Å²) < 4.78 is 0. The van der Waals surface area contributed by atoms with Crippen LogP contribution in [-0.2, 0) is 54.4 Å². The summed E-state index contributed by atoms with van der Waals surface area (Å²) in [7, 11) is 4.84. The van der Waals surface area contributed by atoms with Crippen LogP contribution in [0.1, 0.15) is 158 Å². The van der Waals surface area contributed by atoms with Crippen LogP contribution in [0, 0.1) is 29.6 Å². The van der Waals surface area contributed by atoms with E-state index in [-0.39, 0.29) is 100 Å². The number of carbonyl (C=O) groups is 10. The Hall–Kier alpha value is -6.89. The summed E-state index contributed by atoms with van der Waals surface area (Å²) in [5.74, 6) is -7.86. The van der Waals surface area contributed by atoms with Gasteiger partial charge in [-0.1, -0.05) is 125 Å². The summed E-state index contributed by atoms with van der Waals surface area (Å²) >= 11 is 0. The molecular weight excluding hydrogens is 1130 g/mol. The standard InChI is InChI=1S/C63H108N14O11/c1-13-15-16-17-21-28-51(79)76-30-23-26-43(35-76)55(81)69-46(33-42-24-19-18-20-25-42)57(83)71-48(37-74(10)11)58(84)70-47(31-38(3)4)61(87)77-36-44(78)34-50(77)62(88)75(12)49(32-39(5)6)59(85)72-52(40(7)8)60(86)68-45(27-22-29-67-63(65)66)56(82)73-53(54(64)80)41(9)14-2/h18-20,24-25,38-41,43-50,52-53,78H,13-17,21-23,26-37H2,1-12H3,(H2,64,80)(H,68,86)(H,69,81)(H,70,84)(H,71,83)(H,72,85)(H,73,82)(H4,65,66,67)/t41-,43-,44+,45-,46-,47-,48-,49-,50-,52-,53-/m0/s1. The number of amides is 10. The third-order valence-electron chi connectivity index (χ3n) is 16.4. The topological polar surface area (TPSA) is 366 Å². The van der Waals surface area contributed by atoms with Gasteiger partial charge in [-0.15, -0.1) is 0 Å². The second-order valence-electron chi connectivity index (χ2n) is 25.6. The van der Waals surface area contributed by atoms with Gasteiger partial charge in [-0.3, -0.25) is 52.9 Å². The van der Waals surface area contributed by atoms with Gasteiger partial charge in [-0.25, -0.2) is 0 Å². The van der Waals surface area contributed by atoms with Gasteiger partial charge in [0.05, 0.1) is 12.0 Å². The van der Waals surface area contributed by atoms with Crippen molar-refractivity contribution < 1.29 is 53.1 Å². The monoisotopic (exact) mass is 1240 g/mol. The minimum Gasteiger partial charge on any atom is -0.391 e. The first-order chi connectivity index (χ1) is 41.5. The molecule has 2 aliphatic rings. The quantitative estimate of drug-likeness (QED) is 0.0256. The highest BCUT2D eigenvalue weighted by Gasteiger charge is 2.46. The Kier molecular flexibility index (Phi) is 32.4. The Morgan fingerprint density at radius 1 is 0.682 bits per heavy atom. The fraction of sp³-hybridized carbons (Fsp3) is 0.730. The lowest BCUT2D eigenvalue weighted by Crippen LogP contribution is -2.62. The van der Waals surface area contributed by atoms with Crippen molar-refractivity contribution in [1.82, 2.24) is 51.5 Å². The van der Waals surface area contributed by atoms with E-state index in [4.69, 9.17) is 17.2 Å². The molecule has 1 aromatic carbocycles. The van der Waals surface area contributed by atoms with E-state index in [2.05, 4.69) is 43.8 Å². The number of hydrogen-bond donors (Lipinski definition) is 10. The number of rotatable bonds is 37. The highest BCUT2D eigenvalue weighted by molar-refractivity contribution is 5.98. The largest absolute Gasteiger partial charge is 0.391 e. The molecule has 1 aromatic rings. The number of aliphatic imine (C=N–C) groups is 1. The second-order valence-corrected chi connectivity index (χ2v) is 25.6. The number of piperidine rings is 1. The predicted octanol–water partition coefficient (Wildman–Crippen LogP) is 1.42. The minimum atomic E-state index is -1.28. The van der Waals surface area contributed by atoms with E-state index in [0.29, 0.717) is 32.2 Å². The molecule has 0 aromatic heterocycles. The van der Waals surface area contributed by atoms with E-state index >= 15 is 0 Å². The highest BCUT2D eigenvalue weighted by Crippen LogP contribution is 2.26. The van der Waals surface area contributed by atoms with Crippen LogP contribution in [0.4, 0.5) is 0 Å². The van der Waals surface area contributed by atoms with E-state index in [1.807, 2.05) is 65.0 Å². The molecule has 10 amide bonds. The zero-order chi connectivity index (χ0) is 65.9. The molecule has 2 heterocycles. The molecule has 0 saturated carbocycles. The van der Waals surface area contributed by atoms with Gasteiger partial charge in [0.1, 0.15) is 48.3 Å². The summed E-state index contributed by atoms with van der Waals surface area (Å²) in [6.45, 7) is 17.2. The molecule has 0 aliphatic carbocycles. The Morgan fingerprint density at radius 3 is 1.88 bits per heavy atom. The Labute approximate surface area is 522 Å². The first-order valence-corrected chi connectivity index (χ1v) is 31.9. The third kappa shape index (κ3) is 24.9. The van der Waals surface area contributed by atoms with Gasteiger partial charge in [0.2, 0.25) is 59.1 Å². The fourth-order valence-corrected chi connectivity index (χ4v) is 11.2. The summed E-state index contributed by atoms with van der Waals surface area (Å²) in [4.78, 5) is 151. The van der Waals surface area contributed by atoms with Crippen molar-refractivity contribution in [1.29, 1.82) is 0 Å². The number of primary amides is 1. The van der Waals surface area contributed by atoms with Crippen LogP contribution in [-0.4, -0.2) is 198 Å². The summed E-state index contributed by atoms with van der Waals surface area (Å²) in [5.41, 5.74) is 17.4. The van der Waals surface area contributed by atoms with Gasteiger partial charge in [0.15, 0.2) is 5.96 Å². The molecule has 88 heavy (non-hydrogen) atoms. The number of carbonyl (C=O) groups excluding carboxylic acids is 10. The molecule has 496 valence electrons. The third-order valence-corrected chi connectivity index (χ3v) is 16.4. The van der Waals surface area contributed by atoms with Crippen LogP contribution in [0.5, 0.6) is 0 Å². The highest BCUT2D eigenvalue weighted by atomic mass is 16.3. The summed E-state index contributed by atoms with van der Waals surface area (Å²) in [5, 5.41) is 28.1. The number of aliphatic hydroxyl groups excluding tert-OH is 1. The molecule has 0 unspecified atom stereocenters. The number of likely N-dealkylation sites (N-methyl/N-ethyl adjacent to an activating group) is 2. The van der Waals surface area contributed by atoms with Gasteiger partial charge in [-0.2, -0.15) is 0 Å². The zero-order valence-corrected chi connectivity index (χ0v) is 54.6. The second kappa shape index (κ2) is 37.8. The maximum absolute atomic E-state index is 14.9. The van der Waals surface area contributed by atoms with Crippen molar-refractivity contribution in [2.75, 3.05) is 53.9 Å². The van der Waals surface area contributed by atoms with Crippen LogP contribution < -0.4 is 49.1 Å². The molecule has 25 nitrogen and oxygen atoms in total. The Bertz CT molecular complexity index is 2480. The number of benzene rings is 1. The van der Waals surface area contributed by atoms with E-state index in [0.717, 1.165) is 37.7 Å². The molecule has 0 radical (unpaired) electrons. The molecule has 0 spiro atoms. The van der Waals surface area contributed by atoms with Crippen LogP contribution in [0.2, 0.25) is 0 Å². The van der Waals surface area contributed by atoms with Gasteiger partial charge < -0.3 is 73.8 Å². The molecule has 25 heteroatoms. The van der Waals surface area contributed by atoms with Crippen LogP contribution in [0.25, 0.3) is 0 Å². The van der Waals surface area contributed by atoms with Gasteiger partial charge in [0, 0.05) is 59.0 Å². The van der Waals surface area contributed by atoms with E-state index in [1.165, 1.54) is 16.8 Å².